The van der Waals surface area contributed by atoms with Gasteiger partial charge in [0.15, 0.2) is 0 Å². The Morgan fingerprint density at radius 2 is 2.09 bits per heavy atom. The van der Waals surface area contributed by atoms with Gasteiger partial charge in [-0.25, -0.2) is 4.21 Å². The fourth-order valence-corrected chi connectivity index (χ4v) is 2.62. The van der Waals surface area contributed by atoms with E-state index >= 15 is 0 Å². The Balaban J connectivity index is 2.46. The van der Waals surface area contributed by atoms with Crippen LogP contribution in [0.15, 0.2) is 0 Å². The third-order valence-electron chi connectivity index (χ3n) is 2.47. The summed E-state index contributed by atoms with van der Waals surface area (Å²) in [7, 11) is -2.26. The lowest BCUT2D eigenvalue weighted by Gasteiger charge is -2.27. The molecule has 1 aliphatic rings. The van der Waals surface area contributed by atoms with Gasteiger partial charge in [0, 0.05) is 20.7 Å². The Morgan fingerprint density at radius 3 is 2.36 bits per heavy atom. The molecule has 0 aromatic rings. The lowest BCUT2D eigenvalue weighted by molar-refractivity contribution is 0.349. The molecule has 3 heteroatoms. The molecule has 0 radical (unpaired) electrons. The molecule has 1 fully saturated rings. The van der Waals surface area contributed by atoms with Gasteiger partial charge in [-0.1, -0.05) is 20.3 Å². The topological polar surface area (TPSA) is 40.9 Å². The second kappa shape index (κ2) is 3.13. The molecule has 1 unspecified atom stereocenters. The lowest BCUT2D eigenvalue weighted by Crippen LogP contribution is -2.26. The fourth-order valence-electron chi connectivity index (χ4n) is 1.20. The molecule has 0 spiro atoms. The zero-order valence-electron chi connectivity index (χ0n) is 7.30. The maximum Gasteiger partial charge on any atom is 0.0467 e. The van der Waals surface area contributed by atoms with Gasteiger partial charge in [-0.3, -0.25) is 4.78 Å². The summed E-state index contributed by atoms with van der Waals surface area (Å²) in [5, 5.41) is 0.0306. The van der Waals surface area contributed by atoms with Crippen molar-refractivity contribution in [2.24, 2.45) is 5.92 Å². The van der Waals surface area contributed by atoms with Crippen LogP contribution in [0.25, 0.3) is 0 Å². The van der Waals surface area contributed by atoms with E-state index in [0.29, 0.717) is 11.7 Å². The molecule has 1 aliphatic carbocycles. The van der Waals surface area contributed by atoms with Crippen molar-refractivity contribution in [3.63, 3.8) is 0 Å². The van der Waals surface area contributed by atoms with E-state index in [1.54, 1.807) is 0 Å². The van der Waals surface area contributed by atoms with Crippen molar-refractivity contribution in [3.05, 3.63) is 0 Å². The molecule has 1 saturated carbocycles. The molecule has 0 aromatic carbocycles. The Bertz CT molecular complexity index is 214. The van der Waals surface area contributed by atoms with Crippen LogP contribution in [-0.2, 0) is 9.73 Å². The van der Waals surface area contributed by atoms with E-state index in [4.69, 9.17) is 4.78 Å². The minimum Gasteiger partial charge on any atom is -0.253 e. The number of hydrogen-bond acceptors (Lipinski definition) is 2. The van der Waals surface area contributed by atoms with E-state index in [0.717, 1.165) is 0 Å². The number of nitrogens with one attached hydrogen (secondary N) is 1. The first-order valence-corrected chi connectivity index (χ1v) is 6.06. The highest BCUT2D eigenvalue weighted by Crippen LogP contribution is 2.28. The highest BCUT2D eigenvalue weighted by Gasteiger charge is 2.23. The highest BCUT2D eigenvalue weighted by molar-refractivity contribution is 7.92. The molecular weight excluding hydrogens is 158 g/mol. The summed E-state index contributed by atoms with van der Waals surface area (Å²) in [5.41, 5.74) is 0. The summed E-state index contributed by atoms with van der Waals surface area (Å²) in [4.78, 5) is 0. The Morgan fingerprint density at radius 1 is 1.55 bits per heavy atom. The molecule has 1 rings (SSSR count). The largest absolute Gasteiger partial charge is 0.253 e. The second-order valence-electron chi connectivity index (χ2n) is 3.74. The Hall–Kier alpha value is -0.0500. The van der Waals surface area contributed by atoms with E-state index in [9.17, 15) is 4.21 Å². The molecule has 11 heavy (non-hydrogen) atoms. The zero-order valence-corrected chi connectivity index (χ0v) is 8.12. The summed E-state index contributed by atoms with van der Waals surface area (Å²) < 4.78 is 19.1. The first-order chi connectivity index (χ1) is 5.02. The first kappa shape index (κ1) is 9.04. The predicted octanol–water partition coefficient (Wildman–Crippen LogP) is 2.24. The Kier molecular flexibility index (Phi) is 2.58. The fraction of sp³-hybridized carbons (Fsp3) is 1.00. The monoisotopic (exact) mass is 175 g/mol. The van der Waals surface area contributed by atoms with Crippen LogP contribution in [-0.4, -0.2) is 15.2 Å². The van der Waals surface area contributed by atoms with Crippen molar-refractivity contribution in [3.8, 4) is 0 Å². The molecule has 0 saturated heterocycles. The van der Waals surface area contributed by atoms with Gasteiger partial charge in [0.25, 0.3) is 0 Å². The van der Waals surface area contributed by atoms with E-state index in [1.807, 2.05) is 13.8 Å². The van der Waals surface area contributed by atoms with E-state index in [1.165, 1.54) is 19.3 Å². The Labute approximate surface area is 69.4 Å². The van der Waals surface area contributed by atoms with Gasteiger partial charge in [-0.2, -0.15) is 0 Å². The van der Waals surface area contributed by atoms with Crippen LogP contribution >= 0.6 is 0 Å². The minimum absolute atomic E-state index is 0.0306. The SMILES string of the molecule is CC(C)S(=N)(=O)CC1CCC1. The van der Waals surface area contributed by atoms with Crippen molar-refractivity contribution in [1.82, 2.24) is 0 Å². The first-order valence-electron chi connectivity index (χ1n) is 4.27. The van der Waals surface area contributed by atoms with Gasteiger partial charge >= 0.3 is 0 Å². The van der Waals surface area contributed by atoms with E-state index < -0.39 is 9.73 Å². The maximum atomic E-state index is 11.6. The maximum absolute atomic E-state index is 11.6. The molecule has 1 N–H and O–H groups in total. The third-order valence-corrected chi connectivity index (χ3v) is 4.96. The van der Waals surface area contributed by atoms with Gasteiger partial charge in [-0.15, -0.1) is 0 Å². The second-order valence-corrected chi connectivity index (χ2v) is 6.47. The summed E-state index contributed by atoms with van der Waals surface area (Å²) in [5.74, 6) is 1.24. The molecule has 0 aliphatic heterocycles. The smallest absolute Gasteiger partial charge is 0.0467 e. The zero-order chi connectivity index (χ0) is 8.48. The van der Waals surface area contributed by atoms with Crippen LogP contribution in [0.4, 0.5) is 0 Å². The summed E-state index contributed by atoms with van der Waals surface area (Å²) in [6.45, 7) is 3.77. The molecule has 0 aromatic heterocycles. The molecule has 0 amide bonds. The van der Waals surface area contributed by atoms with Crippen LogP contribution < -0.4 is 0 Å². The summed E-state index contributed by atoms with van der Waals surface area (Å²) in [6, 6.07) is 0. The summed E-state index contributed by atoms with van der Waals surface area (Å²) >= 11 is 0. The van der Waals surface area contributed by atoms with Crippen LogP contribution in [0.3, 0.4) is 0 Å². The third kappa shape index (κ3) is 2.19. The van der Waals surface area contributed by atoms with Crippen molar-refractivity contribution >= 4 is 9.73 Å². The average molecular weight is 175 g/mol. The quantitative estimate of drug-likeness (QED) is 0.702. The molecule has 0 bridgehead atoms. The molecule has 0 heterocycles. The average Bonchev–Trinajstić information content (AvgIpc) is 1.79. The van der Waals surface area contributed by atoms with E-state index in [2.05, 4.69) is 0 Å². The number of rotatable bonds is 3. The number of hydrogen-bond donors (Lipinski definition) is 1. The van der Waals surface area contributed by atoms with Crippen LogP contribution in [0.2, 0.25) is 0 Å². The normalized spacial score (nSPS) is 24.6. The minimum atomic E-state index is -2.26. The highest BCUT2D eigenvalue weighted by atomic mass is 32.2. The van der Waals surface area contributed by atoms with Crippen molar-refractivity contribution in [1.29, 1.82) is 4.78 Å². The van der Waals surface area contributed by atoms with Crippen molar-refractivity contribution in [2.45, 2.75) is 38.4 Å². The standard InChI is InChI=1S/C8H17NOS/c1-7(2)11(9,10)6-8-4-3-5-8/h7-9H,3-6H2,1-2H3. The molecule has 2 nitrogen and oxygen atoms in total. The summed E-state index contributed by atoms with van der Waals surface area (Å²) in [6.07, 6.45) is 3.67. The van der Waals surface area contributed by atoms with Crippen molar-refractivity contribution in [2.75, 3.05) is 5.75 Å². The van der Waals surface area contributed by atoms with Gasteiger partial charge < -0.3 is 0 Å². The van der Waals surface area contributed by atoms with Crippen molar-refractivity contribution < 1.29 is 4.21 Å². The van der Waals surface area contributed by atoms with Crippen LogP contribution in [0.5, 0.6) is 0 Å². The lowest BCUT2D eigenvalue weighted by atomic mass is 9.87. The molecular formula is C8H17NOS. The van der Waals surface area contributed by atoms with Crippen LogP contribution in [0.1, 0.15) is 33.1 Å². The van der Waals surface area contributed by atoms with Gasteiger partial charge in [-0.05, 0) is 18.8 Å². The van der Waals surface area contributed by atoms with E-state index in [-0.39, 0.29) is 5.25 Å². The molecule has 66 valence electrons. The molecule has 1 atom stereocenters. The van der Waals surface area contributed by atoms with Gasteiger partial charge in [0.1, 0.15) is 0 Å². The van der Waals surface area contributed by atoms with Crippen LogP contribution in [0, 0.1) is 10.7 Å². The predicted molar refractivity (Wildman–Crippen MR) is 48.2 cm³/mol. The van der Waals surface area contributed by atoms with Gasteiger partial charge in [0.05, 0.1) is 0 Å². The van der Waals surface area contributed by atoms with Gasteiger partial charge in [0.2, 0.25) is 0 Å².